The molecular weight excluding hydrogens is 456 g/mol. The number of carbonyl (C=O) groups excluding carboxylic acids is 1. The average molecular weight is 468 g/mol. The van der Waals surface area contributed by atoms with E-state index >= 15 is 0 Å². The summed E-state index contributed by atoms with van der Waals surface area (Å²) < 4.78 is 7.23. The number of amides is 1. The summed E-state index contributed by atoms with van der Waals surface area (Å²) in [7, 11) is 0. The van der Waals surface area contributed by atoms with Gasteiger partial charge < -0.3 is 4.74 Å². The van der Waals surface area contributed by atoms with Gasteiger partial charge in [-0.25, -0.2) is 4.98 Å². The zero-order valence-electron chi connectivity index (χ0n) is 12.3. The van der Waals surface area contributed by atoms with Gasteiger partial charge in [-0.2, -0.15) is 0 Å². The molecule has 0 aliphatic heterocycles. The number of hydrogen-bond donors (Lipinski definition) is 1. The Kier molecular flexibility index (Phi) is 5.65. The first kappa shape index (κ1) is 17.1. The number of halogens is 2. The third-order valence-corrected chi connectivity index (χ3v) is 4.94. The molecule has 4 nitrogen and oxygen atoms in total. The lowest BCUT2D eigenvalue weighted by molar-refractivity contribution is -0.118. The summed E-state index contributed by atoms with van der Waals surface area (Å²) >= 11 is 8.15. The molecule has 24 heavy (non-hydrogen) atoms. The molecule has 3 aromatic rings. The minimum atomic E-state index is -0.251. The van der Waals surface area contributed by atoms with Crippen LogP contribution in [-0.4, -0.2) is 17.5 Å². The second kappa shape index (κ2) is 7.92. The maximum Gasteiger partial charge on any atom is 0.264 e. The molecule has 7 heteroatoms. The Bertz CT molecular complexity index is 853. The van der Waals surface area contributed by atoms with Gasteiger partial charge in [-0.1, -0.05) is 46.3 Å². The summed E-state index contributed by atoms with van der Waals surface area (Å²) in [5.74, 6) is 0.358. The number of rotatable bonds is 5. The van der Waals surface area contributed by atoms with Crippen molar-refractivity contribution in [3.63, 3.8) is 0 Å². The van der Waals surface area contributed by atoms with E-state index in [4.69, 9.17) is 4.74 Å². The van der Waals surface area contributed by atoms with Gasteiger partial charge in [0.15, 0.2) is 11.7 Å². The molecule has 0 saturated carbocycles. The highest BCUT2D eigenvalue weighted by Gasteiger charge is 2.10. The topological polar surface area (TPSA) is 51.2 Å². The summed E-state index contributed by atoms with van der Waals surface area (Å²) in [6, 6.07) is 15.3. The SMILES string of the molecule is O=C(COc1ccc(Br)cc1Br)Nc1nc(-c2ccccc2)cs1. The van der Waals surface area contributed by atoms with E-state index in [1.54, 1.807) is 6.07 Å². The number of carbonyl (C=O) groups is 1. The van der Waals surface area contributed by atoms with Crippen molar-refractivity contribution in [3.8, 4) is 17.0 Å². The van der Waals surface area contributed by atoms with Crippen LogP contribution >= 0.6 is 43.2 Å². The van der Waals surface area contributed by atoms with E-state index in [9.17, 15) is 4.79 Å². The molecule has 0 aliphatic carbocycles. The van der Waals surface area contributed by atoms with Crippen molar-refractivity contribution in [2.75, 3.05) is 11.9 Å². The summed E-state index contributed by atoms with van der Waals surface area (Å²) in [4.78, 5) is 16.4. The first-order chi connectivity index (χ1) is 11.6. The van der Waals surface area contributed by atoms with E-state index in [0.29, 0.717) is 10.9 Å². The number of thiazole rings is 1. The van der Waals surface area contributed by atoms with E-state index in [-0.39, 0.29) is 12.5 Å². The fourth-order valence-corrected chi connectivity index (χ4v) is 3.86. The molecule has 1 aromatic heterocycles. The predicted molar refractivity (Wildman–Crippen MR) is 104 cm³/mol. The lowest BCUT2D eigenvalue weighted by Gasteiger charge is -2.08. The Hall–Kier alpha value is -1.70. The smallest absolute Gasteiger partial charge is 0.264 e. The van der Waals surface area contributed by atoms with E-state index in [2.05, 4.69) is 42.2 Å². The highest BCUT2D eigenvalue weighted by atomic mass is 79.9. The Labute approximate surface area is 160 Å². The quantitative estimate of drug-likeness (QED) is 0.550. The van der Waals surface area contributed by atoms with Gasteiger partial charge in [0.25, 0.3) is 5.91 Å². The largest absolute Gasteiger partial charge is 0.483 e. The molecule has 0 atom stereocenters. The molecule has 1 N–H and O–H groups in total. The standard InChI is InChI=1S/C17H12Br2N2O2S/c18-12-6-7-15(13(19)8-12)23-9-16(22)21-17-20-14(10-24-17)11-4-2-1-3-5-11/h1-8,10H,9H2,(H,20,21,22). The van der Waals surface area contributed by atoms with Crippen LogP contribution in [0.25, 0.3) is 11.3 Å². The second-order valence-electron chi connectivity index (χ2n) is 4.82. The minimum Gasteiger partial charge on any atom is -0.483 e. The van der Waals surface area contributed by atoms with Gasteiger partial charge in [0.1, 0.15) is 5.75 Å². The van der Waals surface area contributed by atoms with Crippen LogP contribution in [0.1, 0.15) is 0 Å². The van der Waals surface area contributed by atoms with Crippen LogP contribution in [0.4, 0.5) is 5.13 Å². The molecule has 0 fully saturated rings. The third-order valence-electron chi connectivity index (χ3n) is 3.07. The lowest BCUT2D eigenvalue weighted by atomic mass is 10.2. The van der Waals surface area contributed by atoms with Crippen LogP contribution in [0, 0.1) is 0 Å². The van der Waals surface area contributed by atoms with Crippen LogP contribution in [0.15, 0.2) is 62.9 Å². The van der Waals surface area contributed by atoms with Gasteiger partial charge in [0.2, 0.25) is 0 Å². The van der Waals surface area contributed by atoms with Gasteiger partial charge in [-0.3, -0.25) is 10.1 Å². The van der Waals surface area contributed by atoms with Crippen LogP contribution < -0.4 is 10.1 Å². The average Bonchev–Trinajstić information content (AvgIpc) is 3.03. The molecule has 122 valence electrons. The molecule has 0 spiro atoms. The normalized spacial score (nSPS) is 10.4. The number of nitrogens with one attached hydrogen (secondary N) is 1. The van der Waals surface area contributed by atoms with Gasteiger partial charge in [0, 0.05) is 15.4 Å². The van der Waals surface area contributed by atoms with Crippen molar-refractivity contribution in [3.05, 3.63) is 62.9 Å². The third kappa shape index (κ3) is 4.43. The monoisotopic (exact) mass is 466 g/mol. The van der Waals surface area contributed by atoms with E-state index in [0.717, 1.165) is 20.2 Å². The molecular formula is C17H12Br2N2O2S. The number of anilines is 1. The van der Waals surface area contributed by atoms with Crippen molar-refractivity contribution >= 4 is 54.2 Å². The second-order valence-corrected chi connectivity index (χ2v) is 7.44. The number of hydrogen-bond acceptors (Lipinski definition) is 4. The summed E-state index contributed by atoms with van der Waals surface area (Å²) in [5, 5.41) is 5.22. The zero-order chi connectivity index (χ0) is 16.9. The van der Waals surface area contributed by atoms with Crippen molar-refractivity contribution < 1.29 is 9.53 Å². The molecule has 3 rings (SSSR count). The predicted octanol–water partition coefficient (Wildman–Crippen LogP) is 5.35. The number of aromatic nitrogens is 1. The Morgan fingerprint density at radius 3 is 2.71 bits per heavy atom. The van der Waals surface area contributed by atoms with Crippen LogP contribution in [0.5, 0.6) is 5.75 Å². The molecule has 1 amide bonds. The van der Waals surface area contributed by atoms with Crippen LogP contribution in [0.3, 0.4) is 0 Å². The van der Waals surface area contributed by atoms with E-state index in [1.165, 1.54) is 11.3 Å². The fraction of sp³-hybridized carbons (Fsp3) is 0.0588. The summed E-state index contributed by atoms with van der Waals surface area (Å²) in [5.41, 5.74) is 1.86. The van der Waals surface area contributed by atoms with Crippen molar-refractivity contribution in [2.24, 2.45) is 0 Å². The highest BCUT2D eigenvalue weighted by Crippen LogP contribution is 2.28. The zero-order valence-corrected chi connectivity index (χ0v) is 16.3. The molecule has 1 heterocycles. The molecule has 2 aromatic carbocycles. The van der Waals surface area contributed by atoms with Crippen molar-refractivity contribution in [2.45, 2.75) is 0 Å². The van der Waals surface area contributed by atoms with Crippen LogP contribution in [-0.2, 0) is 4.79 Å². The summed E-state index contributed by atoms with van der Waals surface area (Å²) in [6.07, 6.45) is 0. The Balaban J connectivity index is 1.58. The van der Waals surface area contributed by atoms with Gasteiger partial charge >= 0.3 is 0 Å². The van der Waals surface area contributed by atoms with Crippen LogP contribution in [0.2, 0.25) is 0 Å². The molecule has 0 aliphatic rings. The number of benzene rings is 2. The van der Waals surface area contributed by atoms with Crippen molar-refractivity contribution in [1.29, 1.82) is 0 Å². The minimum absolute atomic E-state index is 0.0829. The van der Waals surface area contributed by atoms with E-state index in [1.807, 2.05) is 47.8 Å². The highest BCUT2D eigenvalue weighted by molar-refractivity contribution is 9.11. The first-order valence-electron chi connectivity index (χ1n) is 7.00. The molecule has 0 saturated heterocycles. The molecule has 0 radical (unpaired) electrons. The molecule has 0 unspecified atom stereocenters. The maximum atomic E-state index is 12.0. The van der Waals surface area contributed by atoms with Gasteiger partial charge in [-0.05, 0) is 34.1 Å². The Morgan fingerprint density at radius 2 is 1.96 bits per heavy atom. The molecule has 0 bridgehead atoms. The summed E-state index contributed by atoms with van der Waals surface area (Å²) in [6.45, 7) is -0.0829. The Morgan fingerprint density at radius 1 is 1.17 bits per heavy atom. The van der Waals surface area contributed by atoms with E-state index < -0.39 is 0 Å². The number of nitrogens with zero attached hydrogens (tertiary/aromatic N) is 1. The van der Waals surface area contributed by atoms with Gasteiger partial charge in [-0.15, -0.1) is 11.3 Å². The maximum absolute atomic E-state index is 12.0. The first-order valence-corrected chi connectivity index (χ1v) is 9.47. The fourth-order valence-electron chi connectivity index (χ4n) is 1.96. The number of ether oxygens (including phenoxy) is 1. The van der Waals surface area contributed by atoms with Gasteiger partial charge in [0.05, 0.1) is 10.2 Å². The lowest BCUT2D eigenvalue weighted by Crippen LogP contribution is -2.20. The van der Waals surface area contributed by atoms with Crippen molar-refractivity contribution in [1.82, 2.24) is 4.98 Å².